The highest BCUT2D eigenvalue weighted by molar-refractivity contribution is 5.92. The SMILES string of the molecule is N#Cc1ncc(C(F)F)c(C(F)(F)F)c1C(=O)O. The van der Waals surface area contributed by atoms with Gasteiger partial charge in [-0.2, -0.15) is 18.4 Å². The number of alkyl halides is 5. The van der Waals surface area contributed by atoms with E-state index >= 15 is 0 Å². The number of carbonyl (C=O) groups is 1. The molecule has 4 nitrogen and oxygen atoms in total. The Morgan fingerprint density at radius 3 is 2.33 bits per heavy atom. The summed E-state index contributed by atoms with van der Waals surface area (Å²) in [6.45, 7) is 0. The summed E-state index contributed by atoms with van der Waals surface area (Å²) in [6, 6.07) is 1.12. The van der Waals surface area contributed by atoms with E-state index in [-0.39, 0.29) is 6.20 Å². The molecule has 0 bridgehead atoms. The zero-order valence-electron chi connectivity index (χ0n) is 8.29. The molecule has 1 heterocycles. The molecule has 0 amide bonds. The van der Waals surface area contributed by atoms with Crippen LogP contribution in [0.25, 0.3) is 0 Å². The van der Waals surface area contributed by atoms with Crippen molar-refractivity contribution < 1.29 is 31.9 Å². The Morgan fingerprint density at radius 2 is 2.00 bits per heavy atom. The monoisotopic (exact) mass is 266 g/mol. The number of nitriles is 1. The number of hydrogen-bond donors (Lipinski definition) is 1. The van der Waals surface area contributed by atoms with Gasteiger partial charge in [-0.15, -0.1) is 0 Å². The van der Waals surface area contributed by atoms with E-state index in [0.717, 1.165) is 6.07 Å². The predicted molar refractivity (Wildman–Crippen MR) is 45.9 cm³/mol. The van der Waals surface area contributed by atoms with E-state index in [1.165, 1.54) is 0 Å². The zero-order valence-corrected chi connectivity index (χ0v) is 8.29. The van der Waals surface area contributed by atoms with Gasteiger partial charge in [0.15, 0.2) is 5.69 Å². The van der Waals surface area contributed by atoms with Crippen molar-refractivity contribution in [3.05, 3.63) is 28.6 Å². The van der Waals surface area contributed by atoms with E-state index < -0.39 is 41.0 Å². The molecule has 1 aromatic heterocycles. The van der Waals surface area contributed by atoms with Crippen LogP contribution in [0.1, 0.15) is 33.6 Å². The minimum atomic E-state index is -5.33. The van der Waals surface area contributed by atoms with Gasteiger partial charge in [-0.1, -0.05) is 0 Å². The number of aromatic nitrogens is 1. The maximum absolute atomic E-state index is 12.6. The normalized spacial score (nSPS) is 11.4. The van der Waals surface area contributed by atoms with E-state index in [1.807, 2.05) is 0 Å². The van der Waals surface area contributed by atoms with Gasteiger partial charge in [0.2, 0.25) is 0 Å². The molecule has 0 fully saturated rings. The number of carboxylic acid groups (broad SMARTS) is 1. The van der Waals surface area contributed by atoms with Gasteiger partial charge in [-0.25, -0.2) is 18.6 Å². The van der Waals surface area contributed by atoms with E-state index in [9.17, 15) is 26.7 Å². The first-order chi connectivity index (χ1) is 8.20. The molecule has 9 heteroatoms. The summed E-state index contributed by atoms with van der Waals surface area (Å²) in [5.74, 6) is -2.14. The van der Waals surface area contributed by atoms with Crippen LogP contribution in [0.4, 0.5) is 22.0 Å². The third kappa shape index (κ3) is 2.37. The summed E-state index contributed by atoms with van der Waals surface area (Å²) >= 11 is 0. The lowest BCUT2D eigenvalue weighted by molar-refractivity contribution is -0.140. The first-order valence-electron chi connectivity index (χ1n) is 4.21. The quantitative estimate of drug-likeness (QED) is 0.835. The van der Waals surface area contributed by atoms with Crippen molar-refractivity contribution in [2.75, 3.05) is 0 Å². The van der Waals surface area contributed by atoms with E-state index in [1.54, 1.807) is 0 Å². The van der Waals surface area contributed by atoms with Crippen molar-refractivity contribution in [3.63, 3.8) is 0 Å². The van der Waals surface area contributed by atoms with Crippen LogP contribution in [0.5, 0.6) is 0 Å². The van der Waals surface area contributed by atoms with Gasteiger partial charge in [-0.3, -0.25) is 0 Å². The Balaban J connectivity index is 3.79. The molecule has 0 unspecified atom stereocenters. The molecule has 18 heavy (non-hydrogen) atoms. The molecule has 1 rings (SSSR count). The number of halogens is 5. The Kier molecular flexibility index (Phi) is 3.50. The van der Waals surface area contributed by atoms with Crippen molar-refractivity contribution >= 4 is 5.97 Å². The summed E-state index contributed by atoms with van der Waals surface area (Å²) in [6.07, 6.45) is -8.73. The average Bonchev–Trinajstić information content (AvgIpc) is 2.25. The first kappa shape index (κ1) is 13.8. The van der Waals surface area contributed by atoms with E-state index in [2.05, 4.69) is 4.98 Å². The Morgan fingerprint density at radius 1 is 1.44 bits per heavy atom. The molecule has 0 aliphatic heterocycles. The van der Waals surface area contributed by atoms with Crippen LogP contribution in [0.15, 0.2) is 6.20 Å². The Bertz CT molecular complexity index is 533. The molecular weight excluding hydrogens is 263 g/mol. The predicted octanol–water partition coefficient (Wildman–Crippen LogP) is 2.61. The van der Waals surface area contributed by atoms with Crippen LogP contribution in [-0.2, 0) is 6.18 Å². The summed E-state index contributed by atoms with van der Waals surface area (Å²) < 4.78 is 62.7. The van der Waals surface area contributed by atoms with Gasteiger partial charge in [0, 0.05) is 11.8 Å². The highest BCUT2D eigenvalue weighted by Crippen LogP contribution is 2.39. The lowest BCUT2D eigenvalue weighted by atomic mass is 10.0. The van der Waals surface area contributed by atoms with Crippen molar-refractivity contribution in [3.8, 4) is 6.07 Å². The number of nitrogens with zero attached hydrogens (tertiary/aromatic N) is 2. The Labute approximate surface area is 96.3 Å². The van der Waals surface area contributed by atoms with Gasteiger partial charge in [0.1, 0.15) is 11.6 Å². The van der Waals surface area contributed by atoms with Crippen molar-refractivity contribution in [1.29, 1.82) is 5.26 Å². The number of carboxylic acids is 1. The van der Waals surface area contributed by atoms with Crippen LogP contribution in [0.2, 0.25) is 0 Å². The van der Waals surface area contributed by atoms with Gasteiger partial charge in [-0.05, 0) is 0 Å². The highest BCUT2D eigenvalue weighted by Gasteiger charge is 2.42. The molecule has 1 N–H and O–H groups in total. The van der Waals surface area contributed by atoms with Gasteiger partial charge < -0.3 is 5.11 Å². The minimum absolute atomic E-state index is 0.151. The van der Waals surface area contributed by atoms with Gasteiger partial charge in [0.05, 0.1) is 5.56 Å². The molecule has 0 radical (unpaired) electrons. The maximum Gasteiger partial charge on any atom is 0.417 e. The van der Waals surface area contributed by atoms with Crippen LogP contribution in [-0.4, -0.2) is 16.1 Å². The number of aromatic carboxylic acids is 1. The van der Waals surface area contributed by atoms with Crippen molar-refractivity contribution in [2.45, 2.75) is 12.6 Å². The number of pyridine rings is 1. The number of hydrogen-bond acceptors (Lipinski definition) is 3. The lowest BCUT2D eigenvalue weighted by Gasteiger charge is -2.15. The molecule has 0 aromatic carbocycles. The second kappa shape index (κ2) is 4.56. The van der Waals surface area contributed by atoms with E-state index in [0.29, 0.717) is 0 Å². The standard InChI is InChI=1S/C9H3F5N2O2/c10-7(11)3-2-16-4(1-15)5(8(17)18)6(3)9(12,13)14/h2,7H,(H,17,18). The molecular formula is C9H3F5N2O2. The third-order valence-corrected chi connectivity index (χ3v) is 1.95. The Hall–Kier alpha value is -2.24. The van der Waals surface area contributed by atoms with Gasteiger partial charge >= 0.3 is 12.1 Å². The summed E-state index contributed by atoms with van der Waals surface area (Å²) in [5.41, 5.74) is -6.25. The molecule has 96 valence electrons. The fourth-order valence-electron chi connectivity index (χ4n) is 1.29. The minimum Gasteiger partial charge on any atom is -0.478 e. The molecule has 0 aliphatic carbocycles. The summed E-state index contributed by atoms with van der Waals surface area (Å²) in [5, 5.41) is 17.1. The fourth-order valence-corrected chi connectivity index (χ4v) is 1.29. The molecule has 0 aliphatic rings. The molecule has 0 saturated heterocycles. The average molecular weight is 266 g/mol. The topological polar surface area (TPSA) is 74.0 Å². The molecule has 0 saturated carbocycles. The van der Waals surface area contributed by atoms with Crippen LogP contribution in [0.3, 0.4) is 0 Å². The highest BCUT2D eigenvalue weighted by atomic mass is 19.4. The van der Waals surface area contributed by atoms with Crippen molar-refractivity contribution in [1.82, 2.24) is 4.98 Å². The second-order valence-corrected chi connectivity index (χ2v) is 3.03. The molecule has 0 spiro atoms. The summed E-state index contributed by atoms with van der Waals surface area (Å²) in [7, 11) is 0. The first-order valence-corrected chi connectivity index (χ1v) is 4.21. The number of rotatable bonds is 2. The van der Waals surface area contributed by atoms with Crippen LogP contribution < -0.4 is 0 Å². The van der Waals surface area contributed by atoms with Crippen LogP contribution in [0, 0.1) is 11.3 Å². The molecule has 1 aromatic rings. The summed E-state index contributed by atoms with van der Waals surface area (Å²) in [4.78, 5) is 13.7. The van der Waals surface area contributed by atoms with Crippen molar-refractivity contribution in [2.24, 2.45) is 0 Å². The fraction of sp³-hybridized carbons (Fsp3) is 0.222. The van der Waals surface area contributed by atoms with Crippen LogP contribution >= 0.6 is 0 Å². The van der Waals surface area contributed by atoms with E-state index in [4.69, 9.17) is 10.4 Å². The lowest BCUT2D eigenvalue weighted by Crippen LogP contribution is -2.19. The second-order valence-electron chi connectivity index (χ2n) is 3.03. The maximum atomic E-state index is 12.6. The zero-order chi connectivity index (χ0) is 14.1. The third-order valence-electron chi connectivity index (χ3n) is 1.95. The largest absolute Gasteiger partial charge is 0.478 e. The molecule has 0 atom stereocenters. The van der Waals surface area contributed by atoms with Gasteiger partial charge in [0.25, 0.3) is 6.43 Å². The smallest absolute Gasteiger partial charge is 0.417 e.